The second kappa shape index (κ2) is 10.8. The molecule has 0 aliphatic heterocycles. The lowest BCUT2D eigenvalue weighted by Crippen LogP contribution is -2.40. The van der Waals surface area contributed by atoms with E-state index in [4.69, 9.17) is 4.74 Å². The number of rotatable bonds is 9. The third-order valence-corrected chi connectivity index (χ3v) is 7.25. The summed E-state index contributed by atoms with van der Waals surface area (Å²) in [6, 6.07) is 21.3. The SMILES string of the molecule is COc1ccccc1CNC(=O)CN(Cc1ccc(Br)cc1)S(=O)(=O)c1ccc(C)cc1. The zero-order chi connectivity index (χ0) is 23.1. The van der Waals surface area contributed by atoms with Crippen molar-refractivity contribution in [2.24, 2.45) is 0 Å². The van der Waals surface area contributed by atoms with Crippen molar-refractivity contribution < 1.29 is 17.9 Å². The minimum atomic E-state index is -3.88. The highest BCUT2D eigenvalue weighted by Gasteiger charge is 2.27. The first-order chi connectivity index (χ1) is 15.3. The number of nitrogens with one attached hydrogen (secondary N) is 1. The molecule has 32 heavy (non-hydrogen) atoms. The van der Waals surface area contributed by atoms with Gasteiger partial charge in [-0.1, -0.05) is 64.0 Å². The maximum Gasteiger partial charge on any atom is 0.243 e. The fourth-order valence-electron chi connectivity index (χ4n) is 3.14. The standard InChI is InChI=1S/C24H25BrN2O4S/c1-18-7-13-22(14-8-18)32(29,30)27(16-19-9-11-21(25)12-10-19)17-24(28)26-15-20-5-3-4-6-23(20)31-2/h3-14H,15-17H2,1-2H3,(H,26,28). The molecule has 0 fully saturated rings. The largest absolute Gasteiger partial charge is 0.496 e. The Balaban J connectivity index is 1.80. The van der Waals surface area contributed by atoms with Crippen LogP contribution in [0.5, 0.6) is 5.75 Å². The molecular formula is C24H25BrN2O4S. The molecule has 0 saturated heterocycles. The number of carbonyl (C=O) groups is 1. The van der Waals surface area contributed by atoms with Crippen LogP contribution in [-0.4, -0.2) is 32.3 Å². The van der Waals surface area contributed by atoms with Crippen LogP contribution in [0.3, 0.4) is 0 Å². The van der Waals surface area contributed by atoms with E-state index < -0.39 is 15.9 Å². The average molecular weight is 517 g/mol. The van der Waals surface area contributed by atoms with Gasteiger partial charge >= 0.3 is 0 Å². The van der Waals surface area contributed by atoms with E-state index in [9.17, 15) is 13.2 Å². The number of aryl methyl sites for hydroxylation is 1. The topological polar surface area (TPSA) is 75.7 Å². The number of methoxy groups -OCH3 is 1. The molecule has 0 spiro atoms. The number of benzene rings is 3. The number of carbonyl (C=O) groups excluding carboxylic acids is 1. The summed E-state index contributed by atoms with van der Waals surface area (Å²) < 4.78 is 34.1. The van der Waals surface area contributed by atoms with Gasteiger partial charge in [-0.05, 0) is 42.8 Å². The summed E-state index contributed by atoms with van der Waals surface area (Å²) in [7, 11) is -2.32. The molecule has 0 bridgehead atoms. The van der Waals surface area contributed by atoms with E-state index in [1.54, 1.807) is 31.4 Å². The van der Waals surface area contributed by atoms with Gasteiger partial charge in [0.15, 0.2) is 0 Å². The molecule has 0 aliphatic carbocycles. The Bertz CT molecular complexity index is 1160. The molecule has 0 radical (unpaired) electrons. The van der Waals surface area contributed by atoms with Crippen molar-refractivity contribution in [2.75, 3.05) is 13.7 Å². The highest BCUT2D eigenvalue weighted by Crippen LogP contribution is 2.21. The van der Waals surface area contributed by atoms with Crippen LogP contribution in [0.15, 0.2) is 82.2 Å². The highest BCUT2D eigenvalue weighted by molar-refractivity contribution is 9.10. The molecule has 1 N–H and O–H groups in total. The van der Waals surface area contributed by atoms with E-state index in [2.05, 4.69) is 21.2 Å². The summed E-state index contributed by atoms with van der Waals surface area (Å²) in [5.41, 5.74) is 2.54. The maximum absolute atomic E-state index is 13.3. The van der Waals surface area contributed by atoms with Gasteiger partial charge in [0, 0.05) is 23.1 Å². The Morgan fingerprint density at radius 1 is 1.00 bits per heavy atom. The molecular weight excluding hydrogens is 492 g/mol. The second-order valence-electron chi connectivity index (χ2n) is 7.30. The number of hydrogen-bond donors (Lipinski definition) is 1. The molecule has 3 aromatic rings. The quantitative estimate of drug-likeness (QED) is 0.460. The predicted molar refractivity (Wildman–Crippen MR) is 128 cm³/mol. The molecule has 168 valence electrons. The van der Waals surface area contributed by atoms with Crippen LogP contribution < -0.4 is 10.1 Å². The van der Waals surface area contributed by atoms with Crippen LogP contribution in [0.1, 0.15) is 16.7 Å². The number of ether oxygens (including phenoxy) is 1. The second-order valence-corrected chi connectivity index (χ2v) is 10.2. The van der Waals surface area contributed by atoms with Gasteiger partial charge in [0.25, 0.3) is 0 Å². The van der Waals surface area contributed by atoms with Gasteiger partial charge in [-0.25, -0.2) is 8.42 Å². The lowest BCUT2D eigenvalue weighted by Gasteiger charge is -2.22. The molecule has 3 rings (SSSR count). The van der Waals surface area contributed by atoms with Gasteiger partial charge in [-0.2, -0.15) is 4.31 Å². The van der Waals surface area contributed by atoms with Crippen molar-refractivity contribution in [3.63, 3.8) is 0 Å². The van der Waals surface area contributed by atoms with Crippen LogP contribution in [0.25, 0.3) is 0 Å². The van der Waals surface area contributed by atoms with Crippen molar-refractivity contribution in [1.82, 2.24) is 9.62 Å². The fraction of sp³-hybridized carbons (Fsp3) is 0.208. The van der Waals surface area contributed by atoms with Crippen LogP contribution in [0.2, 0.25) is 0 Å². The molecule has 0 aliphatic rings. The van der Waals surface area contributed by atoms with Crippen LogP contribution in [-0.2, 0) is 27.9 Å². The number of amides is 1. The summed E-state index contributed by atoms with van der Waals surface area (Å²) in [6.07, 6.45) is 0. The average Bonchev–Trinajstić information content (AvgIpc) is 2.79. The van der Waals surface area contributed by atoms with Gasteiger partial charge in [-0.15, -0.1) is 0 Å². The van der Waals surface area contributed by atoms with Crippen LogP contribution in [0.4, 0.5) is 0 Å². The third-order valence-electron chi connectivity index (χ3n) is 4.92. The van der Waals surface area contributed by atoms with Crippen LogP contribution >= 0.6 is 15.9 Å². The number of hydrogen-bond acceptors (Lipinski definition) is 4. The summed E-state index contributed by atoms with van der Waals surface area (Å²) in [6.45, 7) is 1.90. The minimum Gasteiger partial charge on any atom is -0.496 e. The lowest BCUT2D eigenvalue weighted by atomic mass is 10.2. The van der Waals surface area contributed by atoms with Gasteiger partial charge in [-0.3, -0.25) is 4.79 Å². The molecule has 0 aromatic heterocycles. The Kier molecular flexibility index (Phi) is 8.06. The van der Waals surface area contributed by atoms with E-state index in [1.165, 1.54) is 4.31 Å². The first kappa shape index (κ1) is 24.0. The number of nitrogens with zero attached hydrogens (tertiary/aromatic N) is 1. The molecule has 0 saturated carbocycles. The third kappa shape index (κ3) is 6.18. The van der Waals surface area contributed by atoms with Gasteiger partial charge in [0.05, 0.1) is 18.6 Å². The molecule has 0 heterocycles. The first-order valence-corrected chi connectivity index (χ1v) is 12.2. The van der Waals surface area contributed by atoms with E-state index in [-0.39, 0.29) is 24.5 Å². The Morgan fingerprint density at radius 2 is 1.66 bits per heavy atom. The minimum absolute atomic E-state index is 0.0750. The van der Waals surface area contributed by atoms with Crippen molar-refractivity contribution in [3.05, 3.63) is 94.0 Å². The Morgan fingerprint density at radius 3 is 2.31 bits per heavy atom. The van der Waals surface area contributed by atoms with E-state index in [0.29, 0.717) is 5.75 Å². The maximum atomic E-state index is 13.3. The molecule has 0 unspecified atom stereocenters. The lowest BCUT2D eigenvalue weighted by molar-refractivity contribution is -0.121. The van der Waals surface area contributed by atoms with Gasteiger partial charge < -0.3 is 10.1 Å². The molecule has 1 amide bonds. The molecule has 3 aromatic carbocycles. The van der Waals surface area contributed by atoms with E-state index in [0.717, 1.165) is 21.2 Å². The van der Waals surface area contributed by atoms with Crippen LogP contribution in [0, 0.1) is 6.92 Å². The predicted octanol–water partition coefficient (Wildman–Crippen LogP) is 4.27. The van der Waals surface area contributed by atoms with E-state index in [1.807, 2.05) is 55.5 Å². The zero-order valence-corrected chi connectivity index (χ0v) is 20.3. The number of para-hydroxylation sites is 1. The molecule has 8 heteroatoms. The smallest absolute Gasteiger partial charge is 0.243 e. The van der Waals surface area contributed by atoms with Crippen molar-refractivity contribution in [2.45, 2.75) is 24.9 Å². The van der Waals surface area contributed by atoms with E-state index >= 15 is 0 Å². The van der Waals surface area contributed by atoms with Crippen molar-refractivity contribution in [3.8, 4) is 5.75 Å². The highest BCUT2D eigenvalue weighted by atomic mass is 79.9. The Labute approximate surface area is 197 Å². The van der Waals surface area contributed by atoms with Gasteiger partial charge in [0.1, 0.15) is 5.75 Å². The van der Waals surface area contributed by atoms with Gasteiger partial charge in [0.2, 0.25) is 15.9 Å². The summed E-state index contributed by atoms with van der Waals surface area (Å²) in [4.78, 5) is 12.9. The molecule has 0 atom stereocenters. The summed E-state index contributed by atoms with van der Waals surface area (Å²) in [5.74, 6) is 0.260. The monoisotopic (exact) mass is 516 g/mol. The van der Waals surface area contributed by atoms with Crippen molar-refractivity contribution in [1.29, 1.82) is 0 Å². The Hall–Kier alpha value is -2.68. The molecule has 6 nitrogen and oxygen atoms in total. The number of sulfonamides is 1. The number of halogens is 1. The fourth-order valence-corrected chi connectivity index (χ4v) is 4.79. The summed E-state index contributed by atoms with van der Waals surface area (Å²) >= 11 is 3.38. The zero-order valence-electron chi connectivity index (χ0n) is 17.9. The van der Waals surface area contributed by atoms with Crippen molar-refractivity contribution >= 4 is 31.9 Å². The normalized spacial score (nSPS) is 11.4. The summed E-state index contributed by atoms with van der Waals surface area (Å²) in [5, 5.41) is 2.80. The first-order valence-electron chi connectivity index (χ1n) is 9.99.